The fourth-order valence-electron chi connectivity index (χ4n) is 1.31. The highest BCUT2D eigenvalue weighted by Crippen LogP contribution is 2.00. The summed E-state index contributed by atoms with van der Waals surface area (Å²) >= 11 is 0. The van der Waals surface area contributed by atoms with Gasteiger partial charge in [-0.25, -0.2) is 0 Å². The van der Waals surface area contributed by atoms with E-state index in [9.17, 15) is 0 Å². The molecule has 0 bridgehead atoms. The summed E-state index contributed by atoms with van der Waals surface area (Å²) in [6.45, 7) is 3.61. The van der Waals surface area contributed by atoms with E-state index in [1.807, 2.05) is 31.3 Å². The van der Waals surface area contributed by atoms with Crippen LogP contribution in [0.1, 0.15) is 12.5 Å². The molecule has 0 aliphatic carbocycles. The SMILES string of the molecule is CNCC(C)OCC=Cc1ccccc1. The van der Waals surface area contributed by atoms with Crippen LogP contribution in [0.25, 0.3) is 6.08 Å². The molecule has 1 aromatic carbocycles. The number of hydrogen-bond acceptors (Lipinski definition) is 2. The van der Waals surface area contributed by atoms with Crippen LogP contribution in [0.15, 0.2) is 36.4 Å². The minimum atomic E-state index is 0.260. The summed E-state index contributed by atoms with van der Waals surface area (Å²) in [7, 11) is 1.93. The molecule has 1 aromatic rings. The van der Waals surface area contributed by atoms with Gasteiger partial charge in [0.1, 0.15) is 0 Å². The van der Waals surface area contributed by atoms with Crippen molar-refractivity contribution in [2.75, 3.05) is 20.2 Å². The Balaban J connectivity index is 2.23. The van der Waals surface area contributed by atoms with E-state index in [1.54, 1.807) is 0 Å². The highest BCUT2D eigenvalue weighted by Gasteiger charge is 1.96. The van der Waals surface area contributed by atoms with Gasteiger partial charge in [-0.1, -0.05) is 42.5 Å². The molecule has 82 valence electrons. The first-order chi connectivity index (χ1) is 7.33. The molecule has 0 aliphatic heterocycles. The largest absolute Gasteiger partial charge is 0.373 e. The average molecular weight is 205 g/mol. The van der Waals surface area contributed by atoms with Gasteiger partial charge in [0.05, 0.1) is 12.7 Å². The monoisotopic (exact) mass is 205 g/mol. The van der Waals surface area contributed by atoms with E-state index in [1.165, 1.54) is 5.56 Å². The van der Waals surface area contributed by atoms with Crippen molar-refractivity contribution in [2.45, 2.75) is 13.0 Å². The first-order valence-corrected chi connectivity index (χ1v) is 5.30. The van der Waals surface area contributed by atoms with E-state index >= 15 is 0 Å². The second-order valence-corrected chi connectivity index (χ2v) is 3.51. The Morgan fingerprint density at radius 3 is 2.73 bits per heavy atom. The number of rotatable bonds is 6. The predicted molar refractivity (Wildman–Crippen MR) is 64.8 cm³/mol. The molecule has 0 radical (unpaired) electrons. The normalized spacial score (nSPS) is 13.2. The summed E-state index contributed by atoms with van der Waals surface area (Å²) in [5.41, 5.74) is 1.21. The Hall–Kier alpha value is -1.12. The third-order valence-corrected chi connectivity index (χ3v) is 2.08. The Morgan fingerprint density at radius 1 is 1.33 bits per heavy atom. The maximum Gasteiger partial charge on any atom is 0.0675 e. The maximum absolute atomic E-state index is 5.55. The quantitative estimate of drug-likeness (QED) is 0.769. The smallest absolute Gasteiger partial charge is 0.0675 e. The van der Waals surface area contributed by atoms with E-state index in [-0.39, 0.29) is 6.10 Å². The van der Waals surface area contributed by atoms with Gasteiger partial charge in [0, 0.05) is 6.54 Å². The molecule has 0 amide bonds. The molecule has 2 heteroatoms. The third kappa shape index (κ3) is 5.35. The van der Waals surface area contributed by atoms with Crippen LogP contribution in [0.3, 0.4) is 0 Å². The second kappa shape index (κ2) is 7.21. The van der Waals surface area contributed by atoms with Crippen LogP contribution in [-0.4, -0.2) is 26.3 Å². The summed E-state index contributed by atoms with van der Waals surface area (Å²) < 4.78 is 5.55. The van der Waals surface area contributed by atoms with Crippen molar-refractivity contribution in [3.05, 3.63) is 42.0 Å². The number of likely N-dealkylation sites (N-methyl/N-ethyl adjacent to an activating group) is 1. The summed E-state index contributed by atoms with van der Waals surface area (Å²) in [6.07, 6.45) is 4.38. The van der Waals surface area contributed by atoms with Gasteiger partial charge in [-0.2, -0.15) is 0 Å². The van der Waals surface area contributed by atoms with E-state index in [4.69, 9.17) is 4.74 Å². The maximum atomic E-state index is 5.55. The van der Waals surface area contributed by atoms with Gasteiger partial charge in [0.15, 0.2) is 0 Å². The van der Waals surface area contributed by atoms with Crippen molar-refractivity contribution in [1.29, 1.82) is 0 Å². The molecule has 0 saturated carbocycles. The van der Waals surface area contributed by atoms with Crippen molar-refractivity contribution < 1.29 is 4.74 Å². The highest BCUT2D eigenvalue weighted by atomic mass is 16.5. The van der Waals surface area contributed by atoms with Gasteiger partial charge in [0.2, 0.25) is 0 Å². The van der Waals surface area contributed by atoms with Crippen LogP contribution >= 0.6 is 0 Å². The summed E-state index contributed by atoms with van der Waals surface area (Å²) in [6, 6.07) is 10.2. The van der Waals surface area contributed by atoms with E-state index in [0.717, 1.165) is 6.54 Å². The molecule has 1 rings (SSSR count). The summed E-state index contributed by atoms with van der Waals surface area (Å²) in [5.74, 6) is 0. The molecule has 1 unspecified atom stereocenters. The van der Waals surface area contributed by atoms with Gasteiger partial charge in [-0.05, 0) is 19.5 Å². The molecule has 2 nitrogen and oxygen atoms in total. The Kier molecular flexibility index (Phi) is 5.74. The lowest BCUT2D eigenvalue weighted by Gasteiger charge is -2.09. The lowest BCUT2D eigenvalue weighted by molar-refractivity contribution is 0.0897. The standard InChI is InChI=1S/C13H19NO/c1-12(11-14-2)15-10-6-9-13-7-4-3-5-8-13/h3-9,12,14H,10-11H2,1-2H3. The van der Waals surface area contributed by atoms with Crippen LogP contribution < -0.4 is 5.32 Å². The average Bonchev–Trinajstić information content (AvgIpc) is 2.26. The number of ether oxygens (including phenoxy) is 1. The van der Waals surface area contributed by atoms with Gasteiger partial charge in [-0.15, -0.1) is 0 Å². The number of nitrogens with one attached hydrogen (secondary N) is 1. The second-order valence-electron chi connectivity index (χ2n) is 3.51. The lowest BCUT2D eigenvalue weighted by Crippen LogP contribution is -2.23. The molecular formula is C13H19NO. The Morgan fingerprint density at radius 2 is 2.07 bits per heavy atom. The summed E-state index contributed by atoms with van der Waals surface area (Å²) in [4.78, 5) is 0. The molecule has 0 saturated heterocycles. The van der Waals surface area contributed by atoms with Gasteiger partial charge < -0.3 is 10.1 Å². The van der Waals surface area contributed by atoms with Gasteiger partial charge in [0.25, 0.3) is 0 Å². The molecule has 15 heavy (non-hydrogen) atoms. The highest BCUT2D eigenvalue weighted by molar-refractivity contribution is 5.48. The van der Waals surface area contributed by atoms with E-state index in [0.29, 0.717) is 6.61 Å². The fourth-order valence-corrected chi connectivity index (χ4v) is 1.31. The van der Waals surface area contributed by atoms with Crippen molar-refractivity contribution in [3.8, 4) is 0 Å². The van der Waals surface area contributed by atoms with Crippen LogP contribution in [-0.2, 0) is 4.74 Å². The molecule has 0 spiro atoms. The molecule has 1 atom stereocenters. The molecule has 0 aliphatic rings. The van der Waals surface area contributed by atoms with E-state index in [2.05, 4.69) is 30.4 Å². The van der Waals surface area contributed by atoms with Crippen molar-refractivity contribution >= 4 is 6.08 Å². The molecule has 1 N–H and O–H groups in total. The first kappa shape index (κ1) is 12.0. The molecule has 0 heterocycles. The Labute approximate surface area is 92.0 Å². The van der Waals surface area contributed by atoms with Gasteiger partial charge >= 0.3 is 0 Å². The predicted octanol–water partition coefficient (Wildman–Crippen LogP) is 2.32. The minimum absolute atomic E-state index is 0.260. The van der Waals surface area contributed by atoms with Crippen LogP contribution in [0.4, 0.5) is 0 Å². The third-order valence-electron chi connectivity index (χ3n) is 2.08. The summed E-state index contributed by atoms with van der Waals surface area (Å²) in [5, 5.41) is 3.08. The van der Waals surface area contributed by atoms with Gasteiger partial charge in [-0.3, -0.25) is 0 Å². The van der Waals surface area contributed by atoms with Crippen LogP contribution in [0.5, 0.6) is 0 Å². The fraction of sp³-hybridized carbons (Fsp3) is 0.385. The zero-order valence-corrected chi connectivity index (χ0v) is 9.44. The van der Waals surface area contributed by atoms with Crippen molar-refractivity contribution in [1.82, 2.24) is 5.32 Å². The topological polar surface area (TPSA) is 21.3 Å². The van der Waals surface area contributed by atoms with Crippen LogP contribution in [0.2, 0.25) is 0 Å². The van der Waals surface area contributed by atoms with Crippen molar-refractivity contribution in [3.63, 3.8) is 0 Å². The zero-order valence-electron chi connectivity index (χ0n) is 9.44. The Bertz CT molecular complexity index is 282. The lowest BCUT2D eigenvalue weighted by atomic mass is 10.2. The molecule has 0 fully saturated rings. The number of hydrogen-bond donors (Lipinski definition) is 1. The van der Waals surface area contributed by atoms with Crippen molar-refractivity contribution in [2.24, 2.45) is 0 Å². The minimum Gasteiger partial charge on any atom is -0.373 e. The zero-order chi connectivity index (χ0) is 10.9. The molecule has 0 aromatic heterocycles. The number of benzene rings is 1. The van der Waals surface area contributed by atoms with E-state index < -0.39 is 0 Å². The molecular weight excluding hydrogens is 186 g/mol. The van der Waals surface area contributed by atoms with Crippen LogP contribution in [0, 0.1) is 0 Å². The first-order valence-electron chi connectivity index (χ1n) is 5.30.